The maximum Gasteiger partial charge on any atom is 0.203 e. The van der Waals surface area contributed by atoms with Gasteiger partial charge in [-0.2, -0.15) is 5.26 Å². The second-order valence-corrected chi connectivity index (χ2v) is 4.51. The molecule has 0 unspecified atom stereocenters. The summed E-state index contributed by atoms with van der Waals surface area (Å²) in [6.45, 7) is 1.82. The molecule has 4 heteroatoms. The molecule has 0 bridgehead atoms. The fourth-order valence-corrected chi connectivity index (χ4v) is 1.88. The second-order valence-electron chi connectivity index (χ2n) is 4.51. The summed E-state index contributed by atoms with van der Waals surface area (Å²) in [5, 5.41) is 9.09. The Bertz CT molecular complexity index is 773. The van der Waals surface area contributed by atoms with Gasteiger partial charge in [0.1, 0.15) is 11.6 Å². The minimum atomic E-state index is -1.08. The quantitative estimate of drug-likeness (QED) is 0.484. The third-order valence-corrected chi connectivity index (χ3v) is 2.93. The number of hydrogen-bond acceptors (Lipinski definition) is 2. The van der Waals surface area contributed by atoms with E-state index >= 15 is 0 Å². The number of Topliss-reactive ketones (excluding diaryl/α,β-unsaturated/α-hetero) is 1. The number of nitriles is 1. The van der Waals surface area contributed by atoms with Crippen molar-refractivity contribution in [1.29, 1.82) is 5.26 Å². The van der Waals surface area contributed by atoms with Gasteiger partial charge in [-0.3, -0.25) is 4.79 Å². The molecule has 0 amide bonds. The number of aryl methyl sites for hydroxylation is 1. The normalized spacial score (nSPS) is 11.0. The molecule has 2 aromatic carbocycles. The van der Waals surface area contributed by atoms with Crippen LogP contribution in [0.2, 0.25) is 0 Å². The van der Waals surface area contributed by atoms with Gasteiger partial charge in [-0.05, 0) is 25.1 Å². The number of nitrogens with zero attached hydrogens (tertiary/aromatic N) is 1. The maximum absolute atomic E-state index is 13.6. The Hall–Kier alpha value is -2.80. The van der Waals surface area contributed by atoms with Crippen molar-refractivity contribution in [3.05, 3.63) is 76.4 Å². The van der Waals surface area contributed by atoms with Gasteiger partial charge in [-0.25, -0.2) is 8.78 Å². The van der Waals surface area contributed by atoms with E-state index in [1.807, 2.05) is 13.0 Å². The fraction of sp³-hybridized carbons (Fsp3) is 0.0588. The van der Waals surface area contributed by atoms with Crippen LogP contribution in [0.4, 0.5) is 8.78 Å². The van der Waals surface area contributed by atoms with Gasteiger partial charge >= 0.3 is 0 Å². The molecule has 104 valence electrons. The van der Waals surface area contributed by atoms with E-state index in [4.69, 9.17) is 5.26 Å². The number of benzene rings is 2. The summed E-state index contributed by atoms with van der Waals surface area (Å²) < 4.78 is 26.7. The van der Waals surface area contributed by atoms with Crippen molar-refractivity contribution < 1.29 is 13.6 Å². The fourth-order valence-electron chi connectivity index (χ4n) is 1.88. The highest BCUT2D eigenvalue weighted by Gasteiger charge is 2.14. The lowest BCUT2D eigenvalue weighted by atomic mass is 10.0. The average molecular weight is 283 g/mol. The summed E-state index contributed by atoms with van der Waals surface area (Å²) in [7, 11) is 0. The summed E-state index contributed by atoms with van der Waals surface area (Å²) in [5.74, 6) is -2.63. The molecule has 0 N–H and O–H groups in total. The van der Waals surface area contributed by atoms with E-state index in [0.717, 1.165) is 17.7 Å². The first-order chi connectivity index (χ1) is 10.0. The van der Waals surface area contributed by atoms with Crippen LogP contribution in [0.3, 0.4) is 0 Å². The first kappa shape index (κ1) is 14.6. The van der Waals surface area contributed by atoms with E-state index in [0.29, 0.717) is 5.56 Å². The molecule has 0 aliphatic carbocycles. The number of hydrogen-bond donors (Lipinski definition) is 0. The smallest absolute Gasteiger partial charge is 0.203 e. The minimum absolute atomic E-state index is 0.132. The molecule has 0 saturated carbocycles. The zero-order valence-corrected chi connectivity index (χ0v) is 11.2. The highest BCUT2D eigenvalue weighted by atomic mass is 19.2. The summed E-state index contributed by atoms with van der Waals surface area (Å²) in [5.41, 5.74) is 0.826. The maximum atomic E-state index is 13.6. The Labute approximate surface area is 121 Å². The molecule has 0 heterocycles. The molecule has 0 atom stereocenters. The van der Waals surface area contributed by atoms with E-state index in [1.165, 1.54) is 12.1 Å². The van der Waals surface area contributed by atoms with Gasteiger partial charge in [0, 0.05) is 11.1 Å². The van der Waals surface area contributed by atoms with Crippen molar-refractivity contribution in [1.82, 2.24) is 0 Å². The van der Waals surface area contributed by atoms with Crippen LogP contribution in [0, 0.1) is 29.9 Å². The lowest BCUT2D eigenvalue weighted by Gasteiger charge is -2.02. The highest BCUT2D eigenvalue weighted by Crippen LogP contribution is 2.17. The zero-order chi connectivity index (χ0) is 15.4. The summed E-state index contributed by atoms with van der Waals surface area (Å²) in [6, 6.07) is 12.1. The molecule has 0 aromatic heterocycles. The number of carbonyl (C=O) groups excluding carboxylic acids is 1. The van der Waals surface area contributed by atoms with Crippen molar-refractivity contribution in [2.24, 2.45) is 0 Å². The van der Waals surface area contributed by atoms with Crippen molar-refractivity contribution >= 4 is 11.9 Å². The molecule has 0 radical (unpaired) electrons. The average Bonchev–Trinajstić information content (AvgIpc) is 2.48. The van der Waals surface area contributed by atoms with Gasteiger partial charge in [-0.15, -0.1) is 0 Å². The lowest BCUT2D eigenvalue weighted by Crippen LogP contribution is -2.02. The predicted molar refractivity (Wildman–Crippen MR) is 75.5 cm³/mol. The topological polar surface area (TPSA) is 40.9 Å². The van der Waals surface area contributed by atoms with Crippen LogP contribution in [-0.4, -0.2) is 5.78 Å². The molecule has 0 spiro atoms. The zero-order valence-electron chi connectivity index (χ0n) is 11.2. The van der Waals surface area contributed by atoms with Crippen molar-refractivity contribution in [3.63, 3.8) is 0 Å². The Kier molecular flexibility index (Phi) is 4.24. The Morgan fingerprint density at radius 1 is 1.19 bits per heavy atom. The second kappa shape index (κ2) is 6.10. The molecule has 0 aliphatic heterocycles. The standard InChI is InChI=1S/C17H11F2NO/c1-11-4-2-6-13(8-11)17(21)14(10-20)9-12-5-3-7-15(18)16(12)19/h2-9H,1H3/b14-9-. The molecule has 0 saturated heterocycles. The summed E-state index contributed by atoms with van der Waals surface area (Å²) in [4.78, 5) is 12.2. The van der Waals surface area contributed by atoms with Gasteiger partial charge < -0.3 is 0 Å². The molecule has 21 heavy (non-hydrogen) atoms. The van der Waals surface area contributed by atoms with Gasteiger partial charge in [0.2, 0.25) is 5.78 Å². The number of rotatable bonds is 3. The minimum Gasteiger partial charge on any atom is -0.288 e. The molecular weight excluding hydrogens is 272 g/mol. The van der Waals surface area contributed by atoms with E-state index in [1.54, 1.807) is 24.3 Å². The van der Waals surface area contributed by atoms with Gasteiger partial charge in [0.05, 0.1) is 0 Å². The van der Waals surface area contributed by atoms with Crippen LogP contribution in [-0.2, 0) is 0 Å². The van der Waals surface area contributed by atoms with Crippen molar-refractivity contribution in [2.45, 2.75) is 6.92 Å². The van der Waals surface area contributed by atoms with Gasteiger partial charge in [0.15, 0.2) is 11.6 Å². The van der Waals surface area contributed by atoms with E-state index < -0.39 is 17.4 Å². The van der Waals surface area contributed by atoms with E-state index in [9.17, 15) is 13.6 Å². The highest BCUT2D eigenvalue weighted by molar-refractivity contribution is 6.14. The molecule has 0 aliphatic rings. The van der Waals surface area contributed by atoms with Gasteiger partial charge in [0.25, 0.3) is 0 Å². The number of carbonyl (C=O) groups is 1. The number of halogens is 2. The van der Waals surface area contributed by atoms with Crippen LogP contribution in [0.5, 0.6) is 0 Å². The largest absolute Gasteiger partial charge is 0.288 e. The lowest BCUT2D eigenvalue weighted by molar-refractivity contribution is 0.104. The SMILES string of the molecule is Cc1cccc(C(=O)/C(C#N)=C\c2cccc(F)c2F)c1. The van der Waals surface area contributed by atoms with Crippen LogP contribution in [0.1, 0.15) is 21.5 Å². The van der Waals surface area contributed by atoms with Crippen molar-refractivity contribution in [3.8, 4) is 6.07 Å². The first-order valence-electron chi connectivity index (χ1n) is 6.20. The Balaban J connectivity index is 2.45. The van der Waals surface area contributed by atoms with Crippen LogP contribution in [0.15, 0.2) is 48.0 Å². The predicted octanol–water partition coefficient (Wildman–Crippen LogP) is 4.06. The molecule has 0 fully saturated rings. The van der Waals surface area contributed by atoms with Gasteiger partial charge in [-0.1, -0.05) is 35.9 Å². The molecule has 2 nitrogen and oxygen atoms in total. The van der Waals surface area contributed by atoms with E-state index in [-0.39, 0.29) is 11.1 Å². The van der Waals surface area contributed by atoms with Crippen molar-refractivity contribution in [2.75, 3.05) is 0 Å². The van der Waals surface area contributed by atoms with Crippen LogP contribution >= 0.6 is 0 Å². The third-order valence-electron chi connectivity index (χ3n) is 2.93. The Morgan fingerprint density at radius 2 is 1.90 bits per heavy atom. The monoisotopic (exact) mass is 283 g/mol. The Morgan fingerprint density at radius 3 is 2.57 bits per heavy atom. The number of ketones is 1. The summed E-state index contributed by atoms with van der Waals surface area (Å²) in [6.07, 6.45) is 1.06. The third kappa shape index (κ3) is 3.21. The molecule has 2 aromatic rings. The molecular formula is C17H11F2NO. The van der Waals surface area contributed by atoms with E-state index in [2.05, 4.69) is 0 Å². The molecule has 2 rings (SSSR count). The van der Waals surface area contributed by atoms with Crippen LogP contribution in [0.25, 0.3) is 6.08 Å². The summed E-state index contributed by atoms with van der Waals surface area (Å²) >= 11 is 0. The van der Waals surface area contributed by atoms with Crippen LogP contribution < -0.4 is 0 Å². The number of allylic oxidation sites excluding steroid dienone is 1. The first-order valence-corrected chi connectivity index (χ1v) is 6.20.